The van der Waals surface area contributed by atoms with Crippen LogP contribution in [0.15, 0.2) is 0 Å². The highest BCUT2D eigenvalue weighted by Crippen LogP contribution is 2.32. The first-order valence-corrected chi connectivity index (χ1v) is 10.5. The molecule has 0 aromatic heterocycles. The van der Waals surface area contributed by atoms with E-state index in [1.807, 2.05) is 0 Å². The summed E-state index contributed by atoms with van der Waals surface area (Å²) in [5.74, 6) is -0.725. The summed E-state index contributed by atoms with van der Waals surface area (Å²) >= 11 is 0. The highest BCUT2D eigenvalue weighted by atomic mass is 16.7. The van der Waals surface area contributed by atoms with E-state index in [-0.39, 0.29) is 19.8 Å². The molecular formula is C19H36O11. The molecule has 0 amide bonds. The molecule has 2 rings (SSSR count). The molecule has 178 valence electrons. The average molecular weight is 440 g/mol. The molecule has 2 heterocycles. The third kappa shape index (κ3) is 6.08. The Morgan fingerprint density at radius 1 is 0.733 bits per heavy atom. The lowest BCUT2D eigenvalue weighted by Gasteiger charge is -2.47. The number of aliphatic hydroxyl groups is 5. The summed E-state index contributed by atoms with van der Waals surface area (Å²) < 4.78 is 33.0. The molecule has 0 radical (unpaired) electrons. The number of hydrogen-bond acceptors (Lipinski definition) is 11. The molecule has 0 spiro atoms. The highest BCUT2D eigenvalue weighted by molar-refractivity contribution is 4.94. The Hall–Kier alpha value is -0.440. The number of aliphatic hydroxyl groups excluding tert-OH is 5. The van der Waals surface area contributed by atoms with Crippen LogP contribution >= 0.6 is 0 Å². The van der Waals surface area contributed by atoms with Gasteiger partial charge in [-0.25, -0.2) is 0 Å². The molecule has 30 heavy (non-hydrogen) atoms. The van der Waals surface area contributed by atoms with Gasteiger partial charge in [-0.3, -0.25) is 0 Å². The molecule has 0 aliphatic carbocycles. The van der Waals surface area contributed by atoms with E-state index in [1.165, 1.54) is 0 Å². The lowest BCUT2D eigenvalue weighted by molar-refractivity contribution is -0.356. The Balaban J connectivity index is 2.18. The first kappa shape index (κ1) is 25.8. The van der Waals surface area contributed by atoms with Crippen LogP contribution in [0, 0.1) is 5.92 Å². The van der Waals surface area contributed by atoms with Gasteiger partial charge in [0.25, 0.3) is 0 Å². The van der Waals surface area contributed by atoms with Crippen molar-refractivity contribution in [2.45, 2.75) is 76.1 Å². The fraction of sp³-hybridized carbons (Fsp3) is 1.00. The third-order valence-electron chi connectivity index (χ3n) is 5.31. The van der Waals surface area contributed by atoms with Gasteiger partial charge in [0.1, 0.15) is 36.6 Å². The van der Waals surface area contributed by atoms with Crippen molar-refractivity contribution in [2.75, 3.05) is 39.6 Å². The molecule has 2 fully saturated rings. The number of hydrogen-bond donors (Lipinski definition) is 5. The van der Waals surface area contributed by atoms with Crippen molar-refractivity contribution in [1.82, 2.24) is 0 Å². The summed E-state index contributed by atoms with van der Waals surface area (Å²) in [7, 11) is 0. The van der Waals surface area contributed by atoms with Crippen LogP contribution in [0.5, 0.6) is 0 Å². The smallest absolute Gasteiger partial charge is 0.185 e. The minimum Gasteiger partial charge on any atom is -0.394 e. The van der Waals surface area contributed by atoms with Gasteiger partial charge in [0.2, 0.25) is 0 Å². The van der Waals surface area contributed by atoms with Crippen molar-refractivity contribution in [1.29, 1.82) is 0 Å². The molecule has 2 saturated heterocycles. The normalized spacial score (nSPS) is 42.4. The number of rotatable bonds is 11. The largest absolute Gasteiger partial charge is 0.394 e. The van der Waals surface area contributed by atoms with Gasteiger partial charge in [-0.1, -0.05) is 0 Å². The molecule has 0 saturated carbocycles. The molecular weight excluding hydrogens is 404 g/mol. The van der Waals surface area contributed by atoms with E-state index in [9.17, 15) is 25.5 Å². The maximum Gasteiger partial charge on any atom is 0.185 e. The van der Waals surface area contributed by atoms with Gasteiger partial charge in [-0.15, -0.1) is 0 Å². The van der Waals surface area contributed by atoms with Crippen LogP contribution in [0.2, 0.25) is 0 Å². The zero-order valence-electron chi connectivity index (χ0n) is 17.7. The Morgan fingerprint density at radius 3 is 2.00 bits per heavy atom. The monoisotopic (exact) mass is 440 g/mol. The Bertz CT molecular complexity index is 481. The van der Waals surface area contributed by atoms with Gasteiger partial charge in [0.15, 0.2) is 12.6 Å². The molecule has 11 heteroatoms. The van der Waals surface area contributed by atoms with Gasteiger partial charge >= 0.3 is 0 Å². The molecule has 5 N–H and O–H groups in total. The van der Waals surface area contributed by atoms with Crippen molar-refractivity contribution >= 4 is 0 Å². The summed E-state index contributed by atoms with van der Waals surface area (Å²) in [6.07, 6.45) is -10.6. The summed E-state index contributed by atoms with van der Waals surface area (Å²) in [5, 5.41) is 51.7. The van der Waals surface area contributed by atoms with E-state index in [0.29, 0.717) is 13.2 Å². The lowest BCUT2D eigenvalue weighted by Crippen LogP contribution is -2.64. The van der Waals surface area contributed by atoms with Crippen LogP contribution in [-0.4, -0.2) is 120 Å². The average Bonchev–Trinajstić information content (AvgIpc) is 2.73. The first-order valence-electron chi connectivity index (χ1n) is 10.5. The molecule has 2 aliphatic rings. The van der Waals surface area contributed by atoms with Gasteiger partial charge in [-0.2, -0.15) is 0 Å². The molecule has 0 aromatic carbocycles. The van der Waals surface area contributed by atoms with Crippen LogP contribution in [0.25, 0.3) is 0 Å². The van der Waals surface area contributed by atoms with Crippen LogP contribution in [0.4, 0.5) is 0 Å². The molecule has 0 aromatic rings. The fourth-order valence-corrected chi connectivity index (χ4v) is 3.70. The Kier molecular flexibility index (Phi) is 10.8. The minimum atomic E-state index is -1.45. The second-order valence-corrected chi connectivity index (χ2v) is 7.27. The predicted molar refractivity (Wildman–Crippen MR) is 101 cm³/mol. The zero-order chi connectivity index (χ0) is 22.3. The van der Waals surface area contributed by atoms with E-state index < -0.39 is 67.8 Å². The summed E-state index contributed by atoms with van der Waals surface area (Å²) in [4.78, 5) is 0. The number of ether oxygens (including phenoxy) is 6. The zero-order valence-corrected chi connectivity index (χ0v) is 17.7. The lowest BCUT2D eigenvalue weighted by atomic mass is 9.89. The summed E-state index contributed by atoms with van der Waals surface area (Å²) in [5.41, 5.74) is 0. The van der Waals surface area contributed by atoms with Crippen LogP contribution in [0.3, 0.4) is 0 Å². The van der Waals surface area contributed by atoms with E-state index >= 15 is 0 Å². The van der Waals surface area contributed by atoms with Crippen molar-refractivity contribution in [3.63, 3.8) is 0 Å². The topological polar surface area (TPSA) is 157 Å². The quantitative estimate of drug-likeness (QED) is 0.242. The van der Waals surface area contributed by atoms with E-state index in [2.05, 4.69) is 0 Å². The maximum absolute atomic E-state index is 10.8. The predicted octanol–water partition coefficient (Wildman–Crippen LogP) is -2.02. The van der Waals surface area contributed by atoms with Crippen molar-refractivity contribution in [3.8, 4) is 0 Å². The molecule has 2 aliphatic heterocycles. The summed E-state index contributed by atoms with van der Waals surface area (Å²) in [6, 6.07) is 0. The summed E-state index contributed by atoms with van der Waals surface area (Å²) in [6.45, 7) is 5.90. The van der Waals surface area contributed by atoms with Gasteiger partial charge in [0.05, 0.1) is 25.9 Å². The maximum atomic E-state index is 10.8. The Labute approximate surface area is 176 Å². The standard InChI is InChI=1S/C19H36O11/c1-4-25-8-10-13(21)12(9-26-5-2)29-19(14(10)22)30-16-11(7-20)28-18(24)17(15(16)23)27-6-3/h10-24H,4-9H2,1-3H3. The molecule has 10 unspecified atom stereocenters. The molecule has 11 nitrogen and oxygen atoms in total. The minimum absolute atomic E-state index is 0.0676. The molecule has 0 bridgehead atoms. The van der Waals surface area contributed by atoms with Gasteiger partial charge in [-0.05, 0) is 20.8 Å². The van der Waals surface area contributed by atoms with Crippen molar-refractivity contribution in [3.05, 3.63) is 0 Å². The second-order valence-electron chi connectivity index (χ2n) is 7.27. The molecule has 10 atom stereocenters. The SMILES string of the molecule is CCOCC1OC(OC2C(CO)OC(O)C(OCC)C2O)C(O)C(COCC)C1O. The van der Waals surface area contributed by atoms with Crippen LogP contribution in [0.1, 0.15) is 20.8 Å². The van der Waals surface area contributed by atoms with Crippen LogP contribution in [-0.2, 0) is 28.4 Å². The van der Waals surface area contributed by atoms with Crippen LogP contribution < -0.4 is 0 Å². The third-order valence-corrected chi connectivity index (χ3v) is 5.31. The fourth-order valence-electron chi connectivity index (χ4n) is 3.70. The van der Waals surface area contributed by atoms with E-state index in [4.69, 9.17) is 28.4 Å². The second kappa shape index (κ2) is 12.6. The highest BCUT2D eigenvalue weighted by Gasteiger charge is 2.51. The van der Waals surface area contributed by atoms with Gasteiger partial charge < -0.3 is 54.0 Å². The van der Waals surface area contributed by atoms with E-state index in [0.717, 1.165) is 0 Å². The first-order chi connectivity index (χ1) is 14.4. The van der Waals surface area contributed by atoms with E-state index in [1.54, 1.807) is 20.8 Å². The van der Waals surface area contributed by atoms with Crippen molar-refractivity contribution in [2.24, 2.45) is 5.92 Å². The van der Waals surface area contributed by atoms with Crippen molar-refractivity contribution < 1.29 is 54.0 Å². The Morgan fingerprint density at radius 2 is 1.40 bits per heavy atom. The van der Waals surface area contributed by atoms with Gasteiger partial charge in [0, 0.05) is 25.7 Å².